The van der Waals surface area contributed by atoms with Gasteiger partial charge in [0.2, 0.25) is 0 Å². The number of hydrogen-bond donors (Lipinski definition) is 1. The number of hydrogen-bond acceptors (Lipinski definition) is 4. The third-order valence-electron chi connectivity index (χ3n) is 4.12. The minimum Gasteiger partial charge on any atom is -0.489 e. The maximum atomic E-state index is 12.3. The Labute approximate surface area is 163 Å². The van der Waals surface area contributed by atoms with Crippen LogP contribution in [0.25, 0.3) is 0 Å². The summed E-state index contributed by atoms with van der Waals surface area (Å²) in [4.78, 5) is 12.3. The molecular weight excluding hydrogens is 350 g/mol. The SMILES string of the molecule is C/C(=N/NC(=O)c1ccc(COc2ccccc2)cc1)c1ccc(C#N)cc1. The molecule has 0 saturated heterocycles. The van der Waals surface area contributed by atoms with Crippen molar-refractivity contribution in [1.29, 1.82) is 5.26 Å². The lowest BCUT2D eigenvalue weighted by Gasteiger charge is -2.07. The number of rotatable bonds is 6. The molecule has 0 aromatic heterocycles. The molecule has 3 aromatic rings. The molecule has 0 bridgehead atoms. The lowest BCUT2D eigenvalue weighted by molar-refractivity contribution is 0.0955. The van der Waals surface area contributed by atoms with Crippen LogP contribution in [-0.4, -0.2) is 11.6 Å². The molecule has 5 nitrogen and oxygen atoms in total. The molecule has 3 rings (SSSR count). The van der Waals surface area contributed by atoms with E-state index >= 15 is 0 Å². The first kappa shape index (κ1) is 18.9. The zero-order valence-electron chi connectivity index (χ0n) is 15.4. The third-order valence-corrected chi connectivity index (χ3v) is 4.12. The maximum absolute atomic E-state index is 12.3. The quantitative estimate of drug-likeness (QED) is 0.520. The Morgan fingerprint density at radius 2 is 1.61 bits per heavy atom. The second kappa shape index (κ2) is 9.15. The lowest BCUT2D eigenvalue weighted by atomic mass is 10.1. The van der Waals surface area contributed by atoms with Gasteiger partial charge in [-0.2, -0.15) is 10.4 Å². The molecule has 0 spiro atoms. The van der Waals surface area contributed by atoms with Crippen LogP contribution >= 0.6 is 0 Å². The van der Waals surface area contributed by atoms with Gasteiger partial charge in [-0.1, -0.05) is 42.5 Å². The van der Waals surface area contributed by atoms with Crippen molar-refractivity contribution >= 4 is 11.6 Å². The van der Waals surface area contributed by atoms with Gasteiger partial charge < -0.3 is 4.74 Å². The van der Waals surface area contributed by atoms with E-state index in [1.54, 1.807) is 43.3 Å². The van der Waals surface area contributed by atoms with Crippen molar-refractivity contribution in [3.63, 3.8) is 0 Å². The molecule has 138 valence electrons. The standard InChI is InChI=1S/C23H19N3O2/c1-17(20-11-7-18(15-24)8-12-20)25-26-23(27)21-13-9-19(10-14-21)16-28-22-5-3-2-4-6-22/h2-14H,16H2,1H3,(H,26,27)/b25-17-. The van der Waals surface area contributed by atoms with Crippen LogP contribution in [0.2, 0.25) is 0 Å². The van der Waals surface area contributed by atoms with E-state index in [1.165, 1.54) is 0 Å². The van der Waals surface area contributed by atoms with E-state index in [1.807, 2.05) is 42.5 Å². The molecule has 0 aliphatic rings. The molecule has 5 heteroatoms. The van der Waals surface area contributed by atoms with E-state index in [9.17, 15) is 4.79 Å². The van der Waals surface area contributed by atoms with Crippen LogP contribution in [0.3, 0.4) is 0 Å². The van der Waals surface area contributed by atoms with E-state index in [4.69, 9.17) is 10.00 Å². The second-order valence-corrected chi connectivity index (χ2v) is 6.13. The van der Waals surface area contributed by atoms with Gasteiger partial charge in [-0.3, -0.25) is 4.79 Å². The molecule has 0 aliphatic heterocycles. The van der Waals surface area contributed by atoms with Crippen molar-refractivity contribution in [3.8, 4) is 11.8 Å². The third kappa shape index (κ3) is 5.05. The molecule has 0 aliphatic carbocycles. The topological polar surface area (TPSA) is 74.5 Å². The van der Waals surface area contributed by atoms with Gasteiger partial charge in [0.1, 0.15) is 12.4 Å². The number of ether oxygens (including phenoxy) is 1. The van der Waals surface area contributed by atoms with Gasteiger partial charge in [0.05, 0.1) is 17.3 Å². The van der Waals surface area contributed by atoms with Crippen molar-refractivity contribution in [2.24, 2.45) is 5.10 Å². The van der Waals surface area contributed by atoms with Crippen molar-refractivity contribution in [1.82, 2.24) is 5.43 Å². The normalized spacial score (nSPS) is 10.8. The first-order valence-corrected chi connectivity index (χ1v) is 8.77. The lowest BCUT2D eigenvalue weighted by Crippen LogP contribution is -2.19. The molecule has 0 atom stereocenters. The molecule has 0 heterocycles. The minimum absolute atomic E-state index is 0.288. The summed E-state index contributed by atoms with van der Waals surface area (Å²) < 4.78 is 5.69. The summed E-state index contributed by atoms with van der Waals surface area (Å²) in [5.41, 5.74) is 6.12. The fourth-order valence-corrected chi connectivity index (χ4v) is 2.49. The van der Waals surface area contributed by atoms with Gasteiger partial charge in [0, 0.05) is 5.56 Å². The summed E-state index contributed by atoms with van der Waals surface area (Å²) in [6.45, 7) is 2.23. The van der Waals surface area contributed by atoms with Crippen LogP contribution in [0.1, 0.15) is 34.0 Å². The Hall–Kier alpha value is -3.91. The molecule has 28 heavy (non-hydrogen) atoms. The number of benzene rings is 3. The molecule has 1 N–H and O–H groups in total. The molecule has 0 unspecified atom stereocenters. The molecule has 0 saturated carbocycles. The summed E-state index contributed by atoms with van der Waals surface area (Å²) in [5, 5.41) is 13.0. The average Bonchev–Trinajstić information content (AvgIpc) is 2.77. The Balaban J connectivity index is 1.57. The van der Waals surface area contributed by atoms with E-state index in [-0.39, 0.29) is 5.91 Å². The van der Waals surface area contributed by atoms with Crippen LogP contribution in [-0.2, 0) is 6.61 Å². The largest absolute Gasteiger partial charge is 0.489 e. The van der Waals surface area contributed by atoms with Crippen molar-refractivity contribution < 1.29 is 9.53 Å². The van der Waals surface area contributed by atoms with Crippen LogP contribution in [0, 0.1) is 11.3 Å². The first-order valence-electron chi connectivity index (χ1n) is 8.77. The second-order valence-electron chi connectivity index (χ2n) is 6.13. The van der Waals surface area contributed by atoms with E-state index in [2.05, 4.69) is 16.6 Å². The fourth-order valence-electron chi connectivity index (χ4n) is 2.49. The Morgan fingerprint density at radius 3 is 2.25 bits per heavy atom. The summed E-state index contributed by atoms with van der Waals surface area (Å²) in [5.74, 6) is 0.514. The average molecular weight is 369 g/mol. The number of para-hydroxylation sites is 1. The highest BCUT2D eigenvalue weighted by Gasteiger charge is 2.06. The number of nitrogens with zero attached hydrogens (tertiary/aromatic N) is 2. The number of hydrazone groups is 1. The Bertz CT molecular complexity index is 1000. The molecular formula is C23H19N3O2. The summed E-state index contributed by atoms with van der Waals surface area (Å²) in [6.07, 6.45) is 0. The Kier molecular flexibility index (Phi) is 6.17. The zero-order chi connectivity index (χ0) is 19.8. The van der Waals surface area contributed by atoms with Gasteiger partial charge in [0.25, 0.3) is 5.91 Å². The van der Waals surface area contributed by atoms with Gasteiger partial charge in [-0.05, 0) is 54.4 Å². The van der Waals surface area contributed by atoms with Crippen LogP contribution < -0.4 is 10.2 Å². The van der Waals surface area contributed by atoms with E-state index in [0.717, 1.165) is 16.9 Å². The fraction of sp³-hybridized carbons (Fsp3) is 0.0870. The number of carbonyl (C=O) groups is 1. The van der Waals surface area contributed by atoms with Crippen molar-refractivity contribution in [2.75, 3.05) is 0 Å². The number of carbonyl (C=O) groups excluding carboxylic acids is 1. The predicted molar refractivity (Wildman–Crippen MR) is 108 cm³/mol. The zero-order valence-corrected chi connectivity index (χ0v) is 15.4. The number of nitrogens with one attached hydrogen (secondary N) is 1. The van der Waals surface area contributed by atoms with Crippen LogP contribution in [0.4, 0.5) is 0 Å². The van der Waals surface area contributed by atoms with Crippen molar-refractivity contribution in [3.05, 3.63) is 101 Å². The molecule has 0 fully saturated rings. The van der Waals surface area contributed by atoms with Crippen LogP contribution in [0.15, 0.2) is 84.0 Å². The summed E-state index contributed by atoms with van der Waals surface area (Å²) in [7, 11) is 0. The van der Waals surface area contributed by atoms with Gasteiger partial charge in [-0.25, -0.2) is 5.43 Å². The molecule has 3 aromatic carbocycles. The van der Waals surface area contributed by atoms with Crippen LogP contribution in [0.5, 0.6) is 5.75 Å². The highest BCUT2D eigenvalue weighted by molar-refractivity contribution is 6.00. The van der Waals surface area contributed by atoms with E-state index < -0.39 is 0 Å². The smallest absolute Gasteiger partial charge is 0.271 e. The van der Waals surface area contributed by atoms with Gasteiger partial charge >= 0.3 is 0 Å². The number of amides is 1. The highest BCUT2D eigenvalue weighted by atomic mass is 16.5. The Morgan fingerprint density at radius 1 is 0.964 bits per heavy atom. The molecule has 1 amide bonds. The summed E-state index contributed by atoms with van der Waals surface area (Å²) in [6, 6.07) is 25.9. The monoisotopic (exact) mass is 369 g/mol. The summed E-state index contributed by atoms with van der Waals surface area (Å²) >= 11 is 0. The molecule has 0 radical (unpaired) electrons. The number of nitriles is 1. The van der Waals surface area contributed by atoms with Gasteiger partial charge in [0.15, 0.2) is 0 Å². The maximum Gasteiger partial charge on any atom is 0.271 e. The van der Waals surface area contributed by atoms with Crippen molar-refractivity contribution in [2.45, 2.75) is 13.5 Å². The predicted octanol–water partition coefficient (Wildman–Crippen LogP) is 4.29. The van der Waals surface area contributed by atoms with E-state index in [0.29, 0.717) is 23.4 Å². The minimum atomic E-state index is -0.288. The van der Waals surface area contributed by atoms with Gasteiger partial charge in [-0.15, -0.1) is 0 Å². The first-order chi connectivity index (χ1) is 13.7. The highest BCUT2D eigenvalue weighted by Crippen LogP contribution is 2.12.